The van der Waals surface area contributed by atoms with Crippen LogP contribution in [0.4, 0.5) is 0 Å². The topological polar surface area (TPSA) is 78.9 Å². The lowest BCUT2D eigenvalue weighted by molar-refractivity contribution is -0.146. The molecule has 146 valence electrons. The average molecular weight is 364 g/mol. The van der Waals surface area contributed by atoms with E-state index in [1.165, 1.54) is 0 Å². The number of carboxylic acid groups (broad SMARTS) is 1. The molecule has 2 aliphatic rings. The van der Waals surface area contributed by atoms with Crippen molar-refractivity contribution in [3.8, 4) is 0 Å². The van der Waals surface area contributed by atoms with E-state index >= 15 is 0 Å². The van der Waals surface area contributed by atoms with Gasteiger partial charge in [0.25, 0.3) is 0 Å². The lowest BCUT2D eigenvalue weighted by Gasteiger charge is -2.40. The van der Waals surface area contributed by atoms with Gasteiger partial charge < -0.3 is 15.2 Å². The summed E-state index contributed by atoms with van der Waals surface area (Å²) in [4.78, 5) is 26.9. The van der Waals surface area contributed by atoms with Crippen LogP contribution in [0.3, 0.4) is 0 Å². The summed E-state index contributed by atoms with van der Waals surface area (Å²) in [5.41, 5.74) is -0.358. The Morgan fingerprint density at radius 2 is 1.92 bits per heavy atom. The van der Waals surface area contributed by atoms with Gasteiger partial charge in [-0.05, 0) is 33.1 Å². The number of hydrogen-bond acceptors (Lipinski definition) is 4. The van der Waals surface area contributed by atoms with Gasteiger partial charge in [0.2, 0.25) is 5.91 Å². The molecule has 0 radical (unpaired) electrons. The van der Waals surface area contributed by atoms with Crippen molar-refractivity contribution in [1.29, 1.82) is 0 Å². The number of carboxylic acids is 1. The van der Waals surface area contributed by atoms with Crippen LogP contribution >= 0.6 is 0 Å². The van der Waals surface area contributed by atoms with Crippen molar-refractivity contribution in [3.63, 3.8) is 0 Å². The van der Waals surface area contributed by atoms with E-state index in [2.05, 4.69) is 25.7 Å². The number of fused-ring (bicyclic) bond motifs is 2. The predicted octanol–water partition coefficient (Wildman–Crippen LogP) is 2.21. The molecule has 1 amide bonds. The lowest BCUT2D eigenvalue weighted by Crippen LogP contribution is -2.59. The zero-order valence-electron chi connectivity index (χ0n) is 16.4. The number of amides is 1. The molecule has 0 aromatic rings. The summed E-state index contributed by atoms with van der Waals surface area (Å²) < 4.78 is 5.82. The maximum atomic E-state index is 13.1. The van der Waals surface area contributed by atoms with E-state index < -0.39 is 24.0 Å². The number of nitrogens with one attached hydrogen (secondary N) is 1. The van der Waals surface area contributed by atoms with Gasteiger partial charge in [0.05, 0.1) is 24.3 Å². The molecule has 2 bridgehead atoms. The first-order valence-electron chi connectivity index (χ1n) is 9.30. The van der Waals surface area contributed by atoms with Crippen molar-refractivity contribution in [1.82, 2.24) is 10.2 Å². The van der Waals surface area contributed by atoms with Crippen molar-refractivity contribution in [2.24, 2.45) is 11.8 Å². The molecule has 0 aromatic heterocycles. The molecule has 2 N–H and O–H groups in total. The van der Waals surface area contributed by atoms with Crippen molar-refractivity contribution in [3.05, 3.63) is 24.8 Å². The molecule has 0 aliphatic carbocycles. The van der Waals surface area contributed by atoms with Gasteiger partial charge in [-0.15, -0.1) is 6.58 Å². The lowest BCUT2D eigenvalue weighted by atomic mass is 9.86. The van der Waals surface area contributed by atoms with Gasteiger partial charge in [0.1, 0.15) is 5.92 Å². The fraction of sp³-hybridized carbons (Fsp3) is 0.700. The van der Waals surface area contributed by atoms with Gasteiger partial charge >= 0.3 is 5.97 Å². The zero-order valence-corrected chi connectivity index (χ0v) is 16.4. The van der Waals surface area contributed by atoms with E-state index in [9.17, 15) is 14.7 Å². The summed E-state index contributed by atoms with van der Waals surface area (Å²) in [5.74, 6) is -1.36. The molecule has 1 fully saturated rings. The summed E-state index contributed by atoms with van der Waals surface area (Å²) in [6.07, 6.45) is 5.36. The summed E-state index contributed by atoms with van der Waals surface area (Å²) in [5, 5.41) is 12.8. The Labute approximate surface area is 156 Å². The Bertz CT molecular complexity index is 579. The van der Waals surface area contributed by atoms with Crippen molar-refractivity contribution in [2.75, 3.05) is 6.54 Å². The van der Waals surface area contributed by atoms with Crippen molar-refractivity contribution < 1.29 is 19.4 Å². The third-order valence-corrected chi connectivity index (χ3v) is 4.77. The van der Waals surface area contributed by atoms with Gasteiger partial charge in [-0.2, -0.15) is 0 Å². The maximum Gasteiger partial charge on any atom is 0.311 e. The summed E-state index contributed by atoms with van der Waals surface area (Å²) in [6, 6.07) is -0.814. The fourth-order valence-corrected chi connectivity index (χ4v) is 3.87. The highest BCUT2D eigenvalue weighted by atomic mass is 16.5. The molecule has 26 heavy (non-hydrogen) atoms. The second kappa shape index (κ2) is 7.92. The molecule has 0 aromatic carbocycles. The zero-order chi connectivity index (χ0) is 19.6. The summed E-state index contributed by atoms with van der Waals surface area (Å²) in [7, 11) is 0. The third-order valence-electron chi connectivity index (χ3n) is 4.77. The normalized spacial score (nSPS) is 28.6. The summed E-state index contributed by atoms with van der Waals surface area (Å²) >= 11 is 0. The van der Waals surface area contributed by atoms with E-state index in [4.69, 9.17) is 4.74 Å². The molecule has 6 heteroatoms. The molecule has 0 saturated carbocycles. The third kappa shape index (κ3) is 4.54. The van der Waals surface area contributed by atoms with Crippen molar-refractivity contribution >= 4 is 11.9 Å². The van der Waals surface area contributed by atoms with Gasteiger partial charge in [-0.3, -0.25) is 14.5 Å². The first-order chi connectivity index (χ1) is 12.0. The summed E-state index contributed by atoms with van der Waals surface area (Å²) in [6.45, 7) is 14.2. The van der Waals surface area contributed by atoms with Gasteiger partial charge in [-0.25, -0.2) is 0 Å². The Kier molecular flexibility index (Phi) is 6.29. The molecule has 6 nitrogen and oxygen atoms in total. The maximum absolute atomic E-state index is 13.1. The highest BCUT2D eigenvalue weighted by Gasteiger charge is 2.53. The predicted molar refractivity (Wildman–Crippen MR) is 101 cm³/mol. The molecular weight excluding hydrogens is 332 g/mol. The smallest absolute Gasteiger partial charge is 0.311 e. The van der Waals surface area contributed by atoms with Crippen LogP contribution in [0, 0.1) is 11.8 Å². The molecule has 1 saturated heterocycles. The Morgan fingerprint density at radius 3 is 2.42 bits per heavy atom. The van der Waals surface area contributed by atoms with E-state index in [1.807, 2.05) is 37.8 Å². The Hall–Kier alpha value is -1.66. The van der Waals surface area contributed by atoms with E-state index in [0.717, 1.165) is 0 Å². The first-order valence-corrected chi connectivity index (χ1v) is 9.30. The van der Waals surface area contributed by atoms with Crippen LogP contribution in [0.2, 0.25) is 0 Å². The van der Waals surface area contributed by atoms with Gasteiger partial charge in [0, 0.05) is 12.1 Å². The Morgan fingerprint density at radius 1 is 1.31 bits per heavy atom. The highest BCUT2D eigenvalue weighted by Crippen LogP contribution is 2.39. The number of aliphatic carboxylic acids is 1. The molecule has 4 unspecified atom stereocenters. The monoisotopic (exact) mass is 364 g/mol. The number of hydrogen-bond donors (Lipinski definition) is 2. The second-order valence-electron chi connectivity index (χ2n) is 8.67. The SMILES string of the molecule is C=CCN(C1C2C=CC(O2)C1C(=O)O)[C@H](CC(C)C)C(=O)NC(C)(C)C. The Balaban J connectivity index is 2.36. The number of nitrogens with zero attached hydrogens (tertiary/aromatic N) is 1. The van der Waals surface area contributed by atoms with Crippen LogP contribution in [0.15, 0.2) is 24.8 Å². The minimum atomic E-state index is -0.888. The van der Waals surface area contributed by atoms with Crippen molar-refractivity contribution in [2.45, 2.75) is 70.9 Å². The van der Waals surface area contributed by atoms with Crippen LogP contribution in [-0.2, 0) is 14.3 Å². The molecule has 5 atom stereocenters. The van der Waals surface area contributed by atoms with Gasteiger partial charge in [-0.1, -0.05) is 32.1 Å². The average Bonchev–Trinajstić information content (AvgIpc) is 3.09. The minimum Gasteiger partial charge on any atom is -0.481 e. The molecular formula is C20H32N2O4. The minimum absolute atomic E-state index is 0.0797. The van der Waals surface area contributed by atoms with E-state index in [0.29, 0.717) is 13.0 Å². The van der Waals surface area contributed by atoms with Crippen LogP contribution in [-0.4, -0.2) is 58.3 Å². The second-order valence-corrected chi connectivity index (χ2v) is 8.67. The van der Waals surface area contributed by atoms with Crippen LogP contribution < -0.4 is 5.32 Å². The largest absolute Gasteiger partial charge is 0.481 e. The standard InChI is InChI=1S/C20H32N2O4/c1-7-10-22(13(11-12(2)3)18(23)21-20(4,5)6)17-15-9-8-14(26-15)16(17)19(24)25/h7-9,12-17H,1,10-11H2,2-6H3,(H,21,23)(H,24,25)/t13-,14?,15?,16?,17?/m1/s1. The van der Waals surface area contributed by atoms with Crippen LogP contribution in [0.25, 0.3) is 0 Å². The number of rotatable bonds is 8. The number of carbonyl (C=O) groups is 2. The molecule has 2 heterocycles. The molecule has 2 rings (SSSR count). The number of carbonyl (C=O) groups excluding carboxylic acids is 1. The quantitative estimate of drug-likeness (QED) is 0.646. The highest BCUT2D eigenvalue weighted by molar-refractivity contribution is 5.83. The van der Waals surface area contributed by atoms with Crippen LogP contribution in [0.5, 0.6) is 0 Å². The van der Waals surface area contributed by atoms with E-state index in [-0.39, 0.29) is 29.5 Å². The van der Waals surface area contributed by atoms with Crippen LogP contribution in [0.1, 0.15) is 41.0 Å². The fourth-order valence-electron chi connectivity index (χ4n) is 3.87. The van der Waals surface area contributed by atoms with Gasteiger partial charge in [0.15, 0.2) is 0 Å². The molecule has 2 aliphatic heterocycles. The number of ether oxygens (including phenoxy) is 1. The molecule has 0 spiro atoms. The first kappa shape index (κ1) is 20.6. The van der Waals surface area contributed by atoms with E-state index in [1.54, 1.807) is 6.08 Å².